The molecule has 2 atom stereocenters. The second-order valence-corrected chi connectivity index (χ2v) is 6.15. The minimum Gasteiger partial charge on any atom is -0.425 e. The highest BCUT2D eigenvalue weighted by molar-refractivity contribution is 9.10. The zero-order valence-electron chi connectivity index (χ0n) is 10.3. The van der Waals surface area contributed by atoms with E-state index in [1.807, 2.05) is 48.5 Å². The standard InChI is InChI=1S/C16H13BrO2/c17-16(11-14(16)12-7-3-1-4-8-12)15(18)19-13-9-5-2-6-10-13/h1-10,14H,11H2/t14-,16-/m0/s1. The molecule has 0 bridgehead atoms. The lowest BCUT2D eigenvalue weighted by atomic mass is 10.1. The van der Waals surface area contributed by atoms with Gasteiger partial charge in [-0.25, -0.2) is 0 Å². The Morgan fingerprint density at radius 3 is 2.26 bits per heavy atom. The van der Waals surface area contributed by atoms with Crippen LogP contribution in [0.5, 0.6) is 5.75 Å². The Balaban J connectivity index is 1.72. The summed E-state index contributed by atoms with van der Waals surface area (Å²) in [5.74, 6) is 0.572. The average molecular weight is 317 g/mol. The molecule has 0 N–H and O–H groups in total. The maximum atomic E-state index is 12.2. The number of ether oxygens (including phenoxy) is 1. The fraction of sp³-hybridized carbons (Fsp3) is 0.188. The predicted molar refractivity (Wildman–Crippen MR) is 77.5 cm³/mol. The molecule has 0 spiro atoms. The van der Waals surface area contributed by atoms with Crippen molar-refractivity contribution in [1.82, 2.24) is 0 Å². The van der Waals surface area contributed by atoms with E-state index in [0.29, 0.717) is 5.75 Å². The summed E-state index contributed by atoms with van der Waals surface area (Å²) in [6.07, 6.45) is 0.780. The van der Waals surface area contributed by atoms with Gasteiger partial charge in [-0.05, 0) is 24.1 Å². The molecule has 19 heavy (non-hydrogen) atoms. The van der Waals surface area contributed by atoms with Crippen molar-refractivity contribution in [3.8, 4) is 5.75 Å². The van der Waals surface area contributed by atoms with Crippen LogP contribution in [0.25, 0.3) is 0 Å². The molecule has 0 aliphatic heterocycles. The molecule has 3 heteroatoms. The number of halogens is 1. The van der Waals surface area contributed by atoms with Crippen LogP contribution in [-0.4, -0.2) is 10.3 Å². The Morgan fingerprint density at radius 1 is 1.05 bits per heavy atom. The number of carbonyl (C=O) groups is 1. The molecule has 2 aromatic rings. The van der Waals surface area contributed by atoms with E-state index >= 15 is 0 Å². The Bertz CT molecular complexity index is 582. The highest BCUT2D eigenvalue weighted by Crippen LogP contribution is 2.58. The molecule has 1 fully saturated rings. The van der Waals surface area contributed by atoms with Gasteiger partial charge in [0.15, 0.2) is 0 Å². The molecule has 96 valence electrons. The summed E-state index contributed by atoms with van der Waals surface area (Å²) in [6.45, 7) is 0. The van der Waals surface area contributed by atoms with Gasteiger partial charge in [0.1, 0.15) is 10.1 Å². The molecule has 0 unspecified atom stereocenters. The van der Waals surface area contributed by atoms with E-state index in [-0.39, 0.29) is 11.9 Å². The van der Waals surface area contributed by atoms with Crippen molar-refractivity contribution in [1.29, 1.82) is 0 Å². The number of carbonyl (C=O) groups excluding carboxylic acids is 1. The fourth-order valence-electron chi connectivity index (χ4n) is 2.21. The molecule has 3 rings (SSSR count). The third-order valence-corrected chi connectivity index (χ3v) is 4.59. The number of para-hydroxylation sites is 1. The van der Waals surface area contributed by atoms with Crippen LogP contribution in [0.1, 0.15) is 17.9 Å². The molecule has 1 saturated carbocycles. The molecule has 1 aliphatic rings. The largest absolute Gasteiger partial charge is 0.425 e. The van der Waals surface area contributed by atoms with Crippen LogP contribution >= 0.6 is 15.9 Å². The third kappa shape index (κ3) is 2.43. The first-order valence-electron chi connectivity index (χ1n) is 6.21. The van der Waals surface area contributed by atoms with Crippen molar-refractivity contribution in [3.05, 3.63) is 66.2 Å². The predicted octanol–water partition coefficient (Wildman–Crippen LogP) is 3.91. The summed E-state index contributed by atoms with van der Waals surface area (Å²) in [5.41, 5.74) is 1.17. The topological polar surface area (TPSA) is 26.3 Å². The number of hydrogen-bond acceptors (Lipinski definition) is 2. The zero-order valence-corrected chi connectivity index (χ0v) is 11.8. The van der Waals surface area contributed by atoms with Crippen LogP contribution < -0.4 is 4.74 Å². The van der Waals surface area contributed by atoms with Crippen molar-refractivity contribution in [2.24, 2.45) is 0 Å². The molecule has 0 amide bonds. The summed E-state index contributed by atoms with van der Waals surface area (Å²) in [7, 11) is 0. The summed E-state index contributed by atoms with van der Waals surface area (Å²) < 4.78 is 4.84. The van der Waals surface area contributed by atoms with E-state index in [1.165, 1.54) is 5.56 Å². The lowest BCUT2D eigenvalue weighted by Crippen LogP contribution is -2.23. The van der Waals surface area contributed by atoms with Gasteiger partial charge in [-0.2, -0.15) is 0 Å². The summed E-state index contributed by atoms with van der Waals surface area (Å²) in [4.78, 5) is 12.2. The van der Waals surface area contributed by atoms with E-state index in [0.717, 1.165) is 6.42 Å². The van der Waals surface area contributed by atoms with E-state index in [1.54, 1.807) is 12.1 Å². The Morgan fingerprint density at radius 2 is 1.63 bits per heavy atom. The van der Waals surface area contributed by atoms with Gasteiger partial charge in [0.05, 0.1) is 0 Å². The fourth-order valence-corrected chi connectivity index (χ4v) is 2.88. The molecule has 2 nitrogen and oxygen atoms in total. The smallest absolute Gasteiger partial charge is 0.328 e. The zero-order chi connectivity index (χ0) is 13.3. The maximum absolute atomic E-state index is 12.2. The minimum atomic E-state index is -0.565. The van der Waals surface area contributed by atoms with Crippen molar-refractivity contribution in [2.45, 2.75) is 16.7 Å². The first-order valence-corrected chi connectivity index (χ1v) is 7.00. The van der Waals surface area contributed by atoms with Gasteiger partial charge < -0.3 is 4.74 Å². The van der Waals surface area contributed by atoms with Gasteiger partial charge in [0.2, 0.25) is 0 Å². The Labute approximate surface area is 120 Å². The van der Waals surface area contributed by atoms with Crippen LogP contribution in [0.2, 0.25) is 0 Å². The van der Waals surface area contributed by atoms with Gasteiger partial charge in [0, 0.05) is 5.92 Å². The van der Waals surface area contributed by atoms with Gasteiger partial charge in [-0.3, -0.25) is 4.79 Å². The molecular weight excluding hydrogens is 304 g/mol. The third-order valence-electron chi connectivity index (χ3n) is 3.39. The van der Waals surface area contributed by atoms with E-state index in [4.69, 9.17) is 4.74 Å². The monoisotopic (exact) mass is 316 g/mol. The number of benzene rings is 2. The Hall–Kier alpha value is -1.61. The van der Waals surface area contributed by atoms with Gasteiger partial charge in [-0.1, -0.05) is 64.5 Å². The van der Waals surface area contributed by atoms with Crippen LogP contribution in [0, 0.1) is 0 Å². The number of hydrogen-bond donors (Lipinski definition) is 0. The minimum absolute atomic E-state index is 0.199. The van der Waals surface area contributed by atoms with E-state index in [9.17, 15) is 4.79 Å². The van der Waals surface area contributed by atoms with Crippen molar-refractivity contribution >= 4 is 21.9 Å². The van der Waals surface area contributed by atoms with Crippen LogP contribution in [-0.2, 0) is 4.79 Å². The molecule has 0 radical (unpaired) electrons. The first kappa shape index (κ1) is 12.4. The van der Waals surface area contributed by atoms with Gasteiger partial charge in [-0.15, -0.1) is 0 Å². The number of rotatable bonds is 3. The molecule has 2 aromatic carbocycles. The first-order chi connectivity index (χ1) is 9.20. The second kappa shape index (κ2) is 4.82. The summed E-state index contributed by atoms with van der Waals surface area (Å²) in [6, 6.07) is 19.2. The second-order valence-electron chi connectivity index (χ2n) is 4.73. The Kier molecular flexibility index (Phi) is 3.15. The molecule has 1 aliphatic carbocycles. The van der Waals surface area contributed by atoms with Crippen molar-refractivity contribution in [2.75, 3.05) is 0 Å². The van der Waals surface area contributed by atoms with E-state index < -0.39 is 4.32 Å². The van der Waals surface area contributed by atoms with Crippen LogP contribution in [0.4, 0.5) is 0 Å². The van der Waals surface area contributed by atoms with Gasteiger partial charge in [0.25, 0.3) is 0 Å². The summed E-state index contributed by atoms with van der Waals surface area (Å²) >= 11 is 3.54. The number of alkyl halides is 1. The van der Waals surface area contributed by atoms with Crippen molar-refractivity contribution in [3.63, 3.8) is 0 Å². The highest BCUT2D eigenvalue weighted by Gasteiger charge is 2.60. The van der Waals surface area contributed by atoms with Gasteiger partial charge >= 0.3 is 5.97 Å². The average Bonchev–Trinajstić information content (AvgIpc) is 3.15. The summed E-state index contributed by atoms with van der Waals surface area (Å²) in [5, 5.41) is 0. The SMILES string of the molecule is O=C(Oc1ccccc1)[C@]1(Br)C[C@H]1c1ccccc1. The van der Waals surface area contributed by atoms with Crippen LogP contribution in [0.3, 0.4) is 0 Å². The molecule has 0 saturated heterocycles. The lowest BCUT2D eigenvalue weighted by molar-refractivity contribution is -0.134. The lowest BCUT2D eigenvalue weighted by Gasteiger charge is -2.09. The molecular formula is C16H13BrO2. The molecule has 0 aromatic heterocycles. The van der Waals surface area contributed by atoms with Crippen LogP contribution in [0.15, 0.2) is 60.7 Å². The highest BCUT2D eigenvalue weighted by atomic mass is 79.9. The maximum Gasteiger partial charge on any atom is 0.328 e. The molecule has 0 heterocycles. The van der Waals surface area contributed by atoms with Crippen molar-refractivity contribution < 1.29 is 9.53 Å². The normalized spacial score (nSPS) is 24.8. The number of esters is 1. The quantitative estimate of drug-likeness (QED) is 0.487. The van der Waals surface area contributed by atoms with E-state index in [2.05, 4.69) is 15.9 Å².